The number of nitrogens with one attached hydrogen (secondary N) is 1. The number of pyridine rings is 2. The van der Waals surface area contributed by atoms with Gasteiger partial charge in [-0.25, -0.2) is 14.6 Å². The molecule has 1 aromatic carbocycles. The molecule has 2 aliphatic heterocycles. The number of fused-ring (bicyclic) bond motifs is 5. The lowest BCUT2D eigenvalue weighted by molar-refractivity contribution is -0.188. The third-order valence-electron chi connectivity index (χ3n) is 7.96. The van der Waals surface area contributed by atoms with Crippen molar-refractivity contribution < 1.29 is 28.6 Å². The van der Waals surface area contributed by atoms with Gasteiger partial charge in [0.25, 0.3) is 5.56 Å². The van der Waals surface area contributed by atoms with E-state index in [2.05, 4.69) is 31.1 Å². The molecular weight excluding hydrogens is 566 g/mol. The predicted molar refractivity (Wildman–Crippen MR) is 165 cm³/mol. The number of allylic oxidation sites excluding steroid dienone is 1. The van der Waals surface area contributed by atoms with Crippen molar-refractivity contribution >= 4 is 42.2 Å². The van der Waals surface area contributed by atoms with Gasteiger partial charge in [-0.15, -0.1) is 6.58 Å². The molecule has 1 amide bonds. The lowest BCUT2D eigenvalue weighted by Crippen LogP contribution is -2.49. The largest absolute Gasteiger partial charge is 0.457 e. The molecule has 10 nitrogen and oxygen atoms in total. The first-order valence-electron chi connectivity index (χ1n) is 14.4. The zero-order valence-electron chi connectivity index (χ0n) is 25.5. The fourth-order valence-electron chi connectivity index (χ4n) is 6.11. The Balaban J connectivity index is 1.61. The van der Waals surface area contributed by atoms with Crippen LogP contribution in [-0.4, -0.2) is 47.8 Å². The highest BCUT2D eigenvalue weighted by molar-refractivity contribution is 6.92. The first kappa shape index (κ1) is 30.2. The Labute approximate surface area is 251 Å². The van der Waals surface area contributed by atoms with Crippen LogP contribution >= 0.6 is 0 Å². The van der Waals surface area contributed by atoms with E-state index in [9.17, 15) is 19.2 Å². The van der Waals surface area contributed by atoms with Gasteiger partial charge in [0.05, 0.1) is 37.1 Å². The molecule has 43 heavy (non-hydrogen) atoms. The van der Waals surface area contributed by atoms with E-state index in [4.69, 9.17) is 19.2 Å². The summed E-state index contributed by atoms with van der Waals surface area (Å²) in [7, 11) is -2.06. The summed E-state index contributed by atoms with van der Waals surface area (Å²) in [5.41, 5.74) is 0.631. The number of amides is 1. The second-order valence-corrected chi connectivity index (χ2v) is 17.3. The molecule has 0 radical (unpaired) electrons. The predicted octanol–water partition coefficient (Wildman–Crippen LogP) is 4.26. The van der Waals surface area contributed by atoms with Crippen molar-refractivity contribution in [3.63, 3.8) is 0 Å². The Bertz CT molecular complexity index is 1740. The Kier molecular flexibility index (Phi) is 7.58. The summed E-state index contributed by atoms with van der Waals surface area (Å²) >= 11 is 0. The maximum atomic E-state index is 14.0. The number of hydrogen-bond acceptors (Lipinski definition) is 8. The summed E-state index contributed by atoms with van der Waals surface area (Å²) in [5.74, 6) is -1.65. The van der Waals surface area contributed by atoms with Gasteiger partial charge in [0.15, 0.2) is 0 Å². The van der Waals surface area contributed by atoms with Crippen molar-refractivity contribution in [2.75, 3.05) is 6.54 Å². The molecule has 5 rings (SSSR count). The monoisotopic (exact) mass is 603 g/mol. The molecule has 0 saturated carbocycles. The van der Waals surface area contributed by atoms with Crippen molar-refractivity contribution in [2.45, 2.75) is 77.6 Å². The quantitative estimate of drug-likeness (QED) is 0.144. The number of aromatic nitrogens is 2. The smallest absolute Gasteiger partial charge is 0.408 e. The number of alkyl carbamates (subject to hydrolysis) is 1. The normalized spacial score (nSPS) is 17.4. The molecule has 2 aromatic heterocycles. The molecule has 1 N–H and O–H groups in total. The highest BCUT2D eigenvalue weighted by Gasteiger charge is 2.50. The molecule has 3 aromatic rings. The summed E-state index contributed by atoms with van der Waals surface area (Å²) in [4.78, 5) is 57.4. The molecule has 4 heterocycles. The zero-order chi connectivity index (χ0) is 31.3. The Morgan fingerprint density at radius 3 is 2.60 bits per heavy atom. The minimum absolute atomic E-state index is 0.0163. The van der Waals surface area contributed by atoms with Crippen LogP contribution < -0.4 is 16.1 Å². The molecule has 0 fully saturated rings. The minimum Gasteiger partial charge on any atom is -0.457 e. The van der Waals surface area contributed by atoms with E-state index in [-0.39, 0.29) is 29.7 Å². The summed E-state index contributed by atoms with van der Waals surface area (Å²) < 4.78 is 18.1. The zero-order valence-corrected chi connectivity index (χ0v) is 26.5. The molecule has 11 heteroatoms. The average Bonchev–Trinajstić information content (AvgIpc) is 3.29. The molecule has 226 valence electrons. The van der Waals surface area contributed by atoms with E-state index in [1.807, 2.05) is 24.3 Å². The maximum Gasteiger partial charge on any atom is 0.408 e. The number of benzene rings is 1. The number of para-hydroxylation sites is 1. The summed E-state index contributed by atoms with van der Waals surface area (Å²) in [6, 6.07) is 10.6. The van der Waals surface area contributed by atoms with Gasteiger partial charge in [-0.05, 0) is 61.5 Å². The van der Waals surface area contributed by atoms with Crippen LogP contribution in [0.2, 0.25) is 19.1 Å². The second-order valence-electron chi connectivity index (χ2n) is 12.6. The molecular formula is C32H37N3O7Si. The van der Waals surface area contributed by atoms with Gasteiger partial charge in [-0.1, -0.05) is 44.3 Å². The number of esters is 2. The van der Waals surface area contributed by atoms with Gasteiger partial charge in [0, 0.05) is 5.56 Å². The van der Waals surface area contributed by atoms with Gasteiger partial charge in [-0.2, -0.15) is 0 Å². The van der Waals surface area contributed by atoms with Crippen LogP contribution in [0, 0.1) is 0 Å². The first-order chi connectivity index (χ1) is 20.2. The van der Waals surface area contributed by atoms with Crippen molar-refractivity contribution in [3.05, 3.63) is 70.0 Å². The van der Waals surface area contributed by atoms with E-state index >= 15 is 0 Å². The highest BCUT2D eigenvalue weighted by atomic mass is 28.3. The lowest BCUT2D eigenvalue weighted by Gasteiger charge is -2.35. The van der Waals surface area contributed by atoms with Crippen LogP contribution in [0.4, 0.5) is 4.79 Å². The number of hydrogen-bond donors (Lipinski definition) is 1. The third kappa shape index (κ3) is 5.26. The number of cyclic esters (lactones) is 1. The molecule has 0 bridgehead atoms. The molecule has 0 spiro atoms. The Hall–Kier alpha value is -4.25. The number of rotatable bonds is 7. The number of carbonyl (C=O) groups is 3. The van der Waals surface area contributed by atoms with E-state index in [1.54, 1.807) is 38.3 Å². The fraction of sp³-hybridized carbons (Fsp3) is 0.406. The number of ether oxygens (including phenoxy) is 3. The highest BCUT2D eigenvalue weighted by Crippen LogP contribution is 2.41. The van der Waals surface area contributed by atoms with Gasteiger partial charge < -0.3 is 24.1 Å². The molecule has 1 atom stereocenters. The van der Waals surface area contributed by atoms with Crippen LogP contribution in [0.1, 0.15) is 50.8 Å². The Morgan fingerprint density at radius 2 is 1.93 bits per heavy atom. The Morgan fingerprint density at radius 1 is 1.21 bits per heavy atom. The van der Waals surface area contributed by atoms with Gasteiger partial charge in [-0.3, -0.25) is 9.59 Å². The van der Waals surface area contributed by atoms with E-state index in [1.165, 1.54) is 5.19 Å². The van der Waals surface area contributed by atoms with Crippen LogP contribution in [-0.2, 0) is 42.6 Å². The summed E-state index contributed by atoms with van der Waals surface area (Å²) in [5, 5.41) is 4.65. The first-order valence-corrected chi connectivity index (χ1v) is 17.6. The van der Waals surface area contributed by atoms with Gasteiger partial charge >= 0.3 is 18.0 Å². The van der Waals surface area contributed by atoms with E-state index in [0.29, 0.717) is 17.9 Å². The van der Waals surface area contributed by atoms with Crippen LogP contribution in [0.5, 0.6) is 0 Å². The van der Waals surface area contributed by atoms with Crippen molar-refractivity contribution in [2.24, 2.45) is 0 Å². The molecule has 0 saturated heterocycles. The van der Waals surface area contributed by atoms with Crippen molar-refractivity contribution in [1.82, 2.24) is 14.9 Å². The summed E-state index contributed by atoms with van der Waals surface area (Å²) in [6.45, 7) is 14.9. The van der Waals surface area contributed by atoms with E-state index < -0.39 is 43.9 Å². The van der Waals surface area contributed by atoms with Crippen LogP contribution in [0.3, 0.4) is 0 Å². The van der Waals surface area contributed by atoms with Crippen LogP contribution in [0.15, 0.2) is 47.8 Å². The average molecular weight is 604 g/mol. The second kappa shape index (κ2) is 10.8. The third-order valence-corrected chi connectivity index (χ3v) is 11.2. The van der Waals surface area contributed by atoms with E-state index in [0.717, 1.165) is 22.5 Å². The fourth-order valence-corrected chi connectivity index (χ4v) is 8.99. The molecule has 2 aliphatic rings. The maximum absolute atomic E-state index is 14.0. The number of carbonyl (C=O) groups excluding carboxylic acids is 3. The standard InChI is InChI=1S/C32H37N3O7Si/c1-8-14-43(6,7)27-19-12-10-11-13-23(19)34-26-20(27)17-35-24(26)15-22-21(28(35)37)18-40-29(38)32(22,9-2)41-25(36)16-33-30(39)42-31(3,4)5/h8,10-13,15H,1,9,14,16-18H2,2-7H3,(H,33,39)/t32-/m0/s1. The minimum atomic E-state index is -2.06. The SMILES string of the molecule is C=CC[Si](C)(C)c1c2c(nc3ccccc13)-c1cc3c(c(=O)n1C2)COC(=O)[C@@]3(CC)OC(=O)CNC(=O)OC(C)(C)C. The van der Waals surface area contributed by atoms with Crippen molar-refractivity contribution in [3.8, 4) is 11.4 Å². The number of nitrogens with zero attached hydrogens (tertiary/aromatic N) is 2. The lowest BCUT2D eigenvalue weighted by atomic mass is 9.85. The van der Waals surface area contributed by atoms with Gasteiger partial charge in [0.1, 0.15) is 18.8 Å². The summed E-state index contributed by atoms with van der Waals surface area (Å²) in [6.07, 6.45) is 1.17. The van der Waals surface area contributed by atoms with Crippen molar-refractivity contribution in [1.29, 1.82) is 0 Å². The van der Waals surface area contributed by atoms with Crippen LogP contribution in [0.25, 0.3) is 22.3 Å². The molecule has 0 unspecified atom stereocenters. The van der Waals surface area contributed by atoms with Gasteiger partial charge in [0.2, 0.25) is 5.60 Å². The topological polar surface area (TPSA) is 126 Å². The molecule has 0 aliphatic carbocycles.